The van der Waals surface area contributed by atoms with Crippen molar-refractivity contribution in [3.05, 3.63) is 0 Å². The number of carboxylic acids is 1. The molecule has 0 fully saturated rings. The average molecular weight is 433 g/mol. The fourth-order valence-electron chi connectivity index (χ4n) is 2.40. The zero-order chi connectivity index (χ0) is 23.6. The van der Waals surface area contributed by atoms with E-state index in [9.17, 15) is 34.2 Å². The molecule has 0 aliphatic heterocycles. The lowest BCUT2D eigenvalue weighted by molar-refractivity contribution is -0.145. The van der Waals surface area contributed by atoms with Crippen LogP contribution in [0.3, 0.4) is 0 Å². The monoisotopic (exact) mass is 433 g/mol. The molecule has 4 amide bonds. The van der Waals surface area contributed by atoms with Crippen LogP contribution in [0.1, 0.15) is 33.6 Å². The van der Waals surface area contributed by atoms with Gasteiger partial charge in [-0.2, -0.15) is 0 Å². The van der Waals surface area contributed by atoms with E-state index < -0.39 is 72.9 Å². The van der Waals surface area contributed by atoms with Crippen LogP contribution in [-0.2, 0) is 24.0 Å². The number of hydrogen-bond acceptors (Lipinski definition) is 8. The molecular formula is C17H31N5O8. The van der Waals surface area contributed by atoms with Crippen LogP contribution >= 0.6 is 0 Å². The van der Waals surface area contributed by atoms with Crippen molar-refractivity contribution in [3.8, 4) is 0 Å². The molecule has 0 aromatic heterocycles. The van der Waals surface area contributed by atoms with Crippen LogP contribution in [0, 0.1) is 5.92 Å². The number of aliphatic carboxylic acids is 1. The Morgan fingerprint density at radius 3 is 1.80 bits per heavy atom. The van der Waals surface area contributed by atoms with Crippen molar-refractivity contribution in [1.82, 2.24) is 16.0 Å². The van der Waals surface area contributed by atoms with Gasteiger partial charge in [0, 0.05) is 0 Å². The number of hydrogen-bond donors (Lipinski definition) is 8. The van der Waals surface area contributed by atoms with Gasteiger partial charge in [0.25, 0.3) is 0 Å². The van der Waals surface area contributed by atoms with Crippen molar-refractivity contribution in [2.75, 3.05) is 6.61 Å². The fourth-order valence-corrected chi connectivity index (χ4v) is 2.40. The molecule has 0 unspecified atom stereocenters. The maximum absolute atomic E-state index is 12.6. The Hall–Kier alpha value is -2.77. The first-order valence-electron chi connectivity index (χ1n) is 9.26. The Bertz CT molecular complexity index is 640. The van der Waals surface area contributed by atoms with E-state index in [0.717, 1.165) is 6.92 Å². The Morgan fingerprint density at radius 2 is 1.40 bits per heavy atom. The molecule has 0 aliphatic carbocycles. The summed E-state index contributed by atoms with van der Waals surface area (Å²) in [5.41, 5.74) is 10.5. The highest BCUT2D eigenvalue weighted by Gasteiger charge is 2.32. The number of carbonyl (C=O) groups excluding carboxylic acids is 4. The molecule has 0 aliphatic rings. The van der Waals surface area contributed by atoms with Gasteiger partial charge in [-0.15, -0.1) is 0 Å². The SMILES string of the molecule is CC(C)C[C@H](NC(=O)[C@@H](N)CC(N)=O)C(=O)N[C@@H](CO)C(=O)N[C@H](C(=O)O)[C@@H](C)O. The van der Waals surface area contributed by atoms with Crippen molar-refractivity contribution in [2.45, 2.75) is 63.9 Å². The highest BCUT2D eigenvalue weighted by Crippen LogP contribution is 2.06. The normalized spacial score (nSPS) is 16.0. The molecule has 0 aromatic carbocycles. The molecule has 172 valence electrons. The summed E-state index contributed by atoms with van der Waals surface area (Å²) < 4.78 is 0. The number of primary amides is 1. The molecule has 0 aromatic rings. The van der Waals surface area contributed by atoms with Crippen molar-refractivity contribution in [1.29, 1.82) is 0 Å². The van der Waals surface area contributed by atoms with Gasteiger partial charge >= 0.3 is 5.97 Å². The largest absolute Gasteiger partial charge is 0.480 e. The molecule has 0 radical (unpaired) electrons. The highest BCUT2D eigenvalue weighted by molar-refractivity contribution is 5.95. The standard InChI is InChI=1S/C17H31N5O8/c1-7(2)4-10(20-14(26)9(18)5-12(19)25)15(27)21-11(6-23)16(28)22-13(8(3)24)17(29)30/h7-11,13,23-24H,4-6,18H2,1-3H3,(H2,19,25)(H,20,26)(H,21,27)(H,22,28)(H,29,30)/t8-,9+,10+,11+,13+/m1/s1. The lowest BCUT2D eigenvalue weighted by Gasteiger charge is -2.25. The lowest BCUT2D eigenvalue weighted by Crippen LogP contribution is -2.59. The second-order valence-corrected chi connectivity index (χ2v) is 7.28. The second kappa shape index (κ2) is 12.7. The van der Waals surface area contributed by atoms with E-state index in [2.05, 4.69) is 10.6 Å². The molecule has 0 saturated carbocycles. The van der Waals surface area contributed by atoms with Crippen LogP contribution in [0.4, 0.5) is 0 Å². The van der Waals surface area contributed by atoms with Gasteiger partial charge in [0.2, 0.25) is 23.6 Å². The third-order valence-corrected chi connectivity index (χ3v) is 3.96. The number of carbonyl (C=O) groups is 5. The highest BCUT2D eigenvalue weighted by atomic mass is 16.4. The quantitative estimate of drug-likeness (QED) is 0.142. The van der Waals surface area contributed by atoms with Crippen LogP contribution in [-0.4, -0.2) is 81.8 Å². The number of rotatable bonds is 13. The third-order valence-electron chi connectivity index (χ3n) is 3.96. The number of carboxylic acid groups (broad SMARTS) is 1. The van der Waals surface area contributed by atoms with Gasteiger partial charge in [0.15, 0.2) is 6.04 Å². The van der Waals surface area contributed by atoms with Gasteiger partial charge in [-0.1, -0.05) is 13.8 Å². The Morgan fingerprint density at radius 1 is 0.900 bits per heavy atom. The second-order valence-electron chi connectivity index (χ2n) is 7.28. The summed E-state index contributed by atoms with van der Waals surface area (Å²) in [6.45, 7) is 3.82. The van der Waals surface area contributed by atoms with Crippen LogP contribution in [0.5, 0.6) is 0 Å². The molecule has 0 heterocycles. The Labute approximate surface area is 173 Å². The van der Waals surface area contributed by atoms with E-state index in [1.165, 1.54) is 0 Å². The zero-order valence-corrected chi connectivity index (χ0v) is 17.1. The predicted octanol–water partition coefficient (Wildman–Crippen LogP) is -3.85. The summed E-state index contributed by atoms with van der Waals surface area (Å²) in [5, 5.41) is 34.5. The first-order chi connectivity index (χ1) is 13.8. The Kier molecular flexibility index (Phi) is 11.5. The number of nitrogens with two attached hydrogens (primary N) is 2. The van der Waals surface area contributed by atoms with E-state index in [1.807, 2.05) is 5.32 Å². The minimum absolute atomic E-state index is 0.0681. The van der Waals surface area contributed by atoms with Crippen molar-refractivity contribution in [3.63, 3.8) is 0 Å². The van der Waals surface area contributed by atoms with Gasteiger partial charge < -0.3 is 42.7 Å². The van der Waals surface area contributed by atoms with Gasteiger partial charge in [0.05, 0.1) is 25.2 Å². The van der Waals surface area contributed by atoms with Crippen LogP contribution < -0.4 is 27.4 Å². The minimum Gasteiger partial charge on any atom is -0.480 e. The first-order valence-corrected chi connectivity index (χ1v) is 9.26. The third kappa shape index (κ3) is 9.62. The van der Waals surface area contributed by atoms with E-state index in [4.69, 9.17) is 16.6 Å². The lowest BCUT2D eigenvalue weighted by atomic mass is 10.0. The van der Waals surface area contributed by atoms with Gasteiger partial charge in [0.1, 0.15) is 12.1 Å². The van der Waals surface area contributed by atoms with Crippen LogP contribution in [0.15, 0.2) is 0 Å². The van der Waals surface area contributed by atoms with Crippen molar-refractivity contribution >= 4 is 29.6 Å². The van der Waals surface area contributed by atoms with Gasteiger partial charge in [-0.3, -0.25) is 19.2 Å². The number of aliphatic hydroxyl groups is 2. The zero-order valence-electron chi connectivity index (χ0n) is 17.1. The molecule has 0 rings (SSSR count). The van der Waals surface area contributed by atoms with E-state index in [0.29, 0.717) is 0 Å². The van der Waals surface area contributed by atoms with E-state index >= 15 is 0 Å². The number of nitrogens with one attached hydrogen (secondary N) is 3. The summed E-state index contributed by atoms with van der Waals surface area (Å²) in [6.07, 6.45) is -1.72. The first kappa shape index (κ1) is 27.2. The molecule has 5 atom stereocenters. The molecule has 13 nitrogen and oxygen atoms in total. The smallest absolute Gasteiger partial charge is 0.328 e. The molecule has 13 heteroatoms. The summed E-state index contributed by atoms with van der Waals surface area (Å²) >= 11 is 0. The summed E-state index contributed by atoms with van der Waals surface area (Å²) in [6, 6.07) is -5.61. The number of amides is 4. The van der Waals surface area contributed by atoms with Gasteiger partial charge in [-0.25, -0.2) is 4.79 Å². The fraction of sp³-hybridized carbons (Fsp3) is 0.706. The maximum atomic E-state index is 12.6. The van der Waals surface area contributed by atoms with Crippen LogP contribution in [0.25, 0.3) is 0 Å². The molecule has 0 bridgehead atoms. The molecule has 10 N–H and O–H groups in total. The topological polar surface area (TPSA) is 234 Å². The van der Waals surface area contributed by atoms with Crippen molar-refractivity contribution in [2.24, 2.45) is 17.4 Å². The molecule has 30 heavy (non-hydrogen) atoms. The van der Waals surface area contributed by atoms with Crippen LogP contribution in [0.2, 0.25) is 0 Å². The molecule has 0 saturated heterocycles. The van der Waals surface area contributed by atoms with Gasteiger partial charge in [-0.05, 0) is 19.3 Å². The summed E-state index contributed by atoms with van der Waals surface area (Å²) in [7, 11) is 0. The molecule has 0 spiro atoms. The molecular weight excluding hydrogens is 402 g/mol. The van der Waals surface area contributed by atoms with E-state index in [-0.39, 0.29) is 12.3 Å². The van der Waals surface area contributed by atoms with E-state index in [1.54, 1.807) is 13.8 Å². The average Bonchev–Trinajstić information content (AvgIpc) is 2.61. The summed E-state index contributed by atoms with van der Waals surface area (Å²) in [5.74, 6) is -5.05. The summed E-state index contributed by atoms with van der Waals surface area (Å²) in [4.78, 5) is 58.9. The minimum atomic E-state index is -1.65. The Balaban J connectivity index is 5.25. The number of aliphatic hydroxyl groups excluding tert-OH is 2. The predicted molar refractivity (Wildman–Crippen MR) is 103 cm³/mol. The maximum Gasteiger partial charge on any atom is 0.328 e. The van der Waals surface area contributed by atoms with Crippen molar-refractivity contribution < 1.29 is 39.3 Å².